The highest BCUT2D eigenvalue weighted by molar-refractivity contribution is 6.10. The smallest absolute Gasteiger partial charge is 0.266 e. The summed E-state index contributed by atoms with van der Waals surface area (Å²) in [7, 11) is 0. The number of nitrogens with one attached hydrogen (secondary N) is 1. The van der Waals surface area contributed by atoms with Crippen LogP contribution in [0.4, 0.5) is 5.69 Å². The third kappa shape index (κ3) is 5.12. The second-order valence-electron chi connectivity index (χ2n) is 6.68. The number of aryl methyl sites for hydroxylation is 1. The van der Waals surface area contributed by atoms with E-state index in [9.17, 15) is 10.1 Å². The Hall–Kier alpha value is -3.84. The van der Waals surface area contributed by atoms with E-state index in [1.165, 1.54) is 0 Å². The van der Waals surface area contributed by atoms with Crippen LogP contribution in [-0.2, 0) is 11.4 Å². The van der Waals surface area contributed by atoms with E-state index < -0.39 is 5.91 Å². The summed E-state index contributed by atoms with van der Waals surface area (Å²) in [5.41, 5.74) is 4.48. The first kappa shape index (κ1) is 19.9. The Labute approximate surface area is 171 Å². The number of rotatable bonds is 6. The summed E-state index contributed by atoms with van der Waals surface area (Å²) in [6.45, 7) is 4.32. The highest BCUT2D eigenvalue weighted by Crippen LogP contribution is 2.23. The number of ether oxygens (including phenoxy) is 1. The van der Waals surface area contributed by atoms with Gasteiger partial charge in [-0.25, -0.2) is 0 Å². The first-order chi connectivity index (χ1) is 14.1. The second kappa shape index (κ2) is 9.38. The molecule has 0 atom stereocenters. The molecule has 1 N–H and O–H groups in total. The first-order valence-electron chi connectivity index (χ1n) is 9.33. The summed E-state index contributed by atoms with van der Waals surface area (Å²) >= 11 is 0. The molecule has 0 spiro atoms. The predicted octanol–water partition coefficient (Wildman–Crippen LogP) is 5.43. The number of nitrogens with zero attached hydrogens (tertiary/aromatic N) is 1. The van der Waals surface area contributed by atoms with Crippen molar-refractivity contribution < 1.29 is 9.53 Å². The Morgan fingerprint density at radius 2 is 1.72 bits per heavy atom. The molecule has 0 aliphatic carbocycles. The topological polar surface area (TPSA) is 62.1 Å². The minimum Gasteiger partial charge on any atom is -0.488 e. The fourth-order valence-corrected chi connectivity index (χ4v) is 2.85. The van der Waals surface area contributed by atoms with Gasteiger partial charge in [0.05, 0.1) is 0 Å². The van der Waals surface area contributed by atoms with Gasteiger partial charge in [0.25, 0.3) is 5.91 Å². The Balaban J connectivity index is 1.81. The molecule has 0 saturated carbocycles. The van der Waals surface area contributed by atoms with Crippen molar-refractivity contribution >= 4 is 17.7 Å². The van der Waals surface area contributed by atoms with Crippen molar-refractivity contribution in [3.63, 3.8) is 0 Å². The summed E-state index contributed by atoms with van der Waals surface area (Å²) in [4.78, 5) is 12.7. The number of nitriles is 1. The maximum Gasteiger partial charge on any atom is 0.266 e. The van der Waals surface area contributed by atoms with Gasteiger partial charge in [-0.3, -0.25) is 4.79 Å². The molecule has 0 aromatic heterocycles. The fourth-order valence-electron chi connectivity index (χ4n) is 2.85. The van der Waals surface area contributed by atoms with Gasteiger partial charge < -0.3 is 10.1 Å². The van der Waals surface area contributed by atoms with Crippen molar-refractivity contribution in [2.75, 3.05) is 5.32 Å². The lowest BCUT2D eigenvalue weighted by Crippen LogP contribution is -2.14. The third-order valence-corrected chi connectivity index (χ3v) is 4.67. The largest absolute Gasteiger partial charge is 0.488 e. The molecule has 0 aliphatic heterocycles. The van der Waals surface area contributed by atoms with Gasteiger partial charge >= 0.3 is 0 Å². The van der Waals surface area contributed by atoms with Crippen LogP contribution in [0.2, 0.25) is 0 Å². The zero-order chi connectivity index (χ0) is 20.6. The van der Waals surface area contributed by atoms with E-state index >= 15 is 0 Å². The SMILES string of the molecule is Cc1cccc(NC(=O)/C(C#N)=C/c2ccccc2OCc2ccccc2)c1C. The molecule has 3 aromatic rings. The molecule has 4 nitrogen and oxygen atoms in total. The van der Waals surface area contributed by atoms with Crippen LogP contribution in [0.1, 0.15) is 22.3 Å². The van der Waals surface area contributed by atoms with E-state index in [0.717, 1.165) is 16.7 Å². The lowest BCUT2D eigenvalue weighted by Gasteiger charge is -2.11. The maximum atomic E-state index is 12.7. The van der Waals surface area contributed by atoms with Crippen LogP contribution >= 0.6 is 0 Å². The third-order valence-electron chi connectivity index (χ3n) is 4.67. The quantitative estimate of drug-likeness (QED) is 0.457. The highest BCUT2D eigenvalue weighted by Gasteiger charge is 2.13. The van der Waals surface area contributed by atoms with Gasteiger partial charge in [0.2, 0.25) is 0 Å². The molecular formula is C25H22N2O2. The molecule has 0 aliphatic rings. The summed E-state index contributed by atoms with van der Waals surface area (Å²) in [5.74, 6) is 0.169. The minimum absolute atomic E-state index is 0.0154. The minimum atomic E-state index is -0.445. The van der Waals surface area contributed by atoms with Crippen molar-refractivity contribution in [3.8, 4) is 11.8 Å². The molecule has 144 valence electrons. The molecule has 3 aromatic carbocycles. The number of para-hydroxylation sites is 1. The van der Waals surface area contributed by atoms with Gasteiger partial charge in [-0.05, 0) is 48.7 Å². The van der Waals surface area contributed by atoms with Crippen LogP contribution in [0.15, 0.2) is 78.4 Å². The number of hydrogen-bond donors (Lipinski definition) is 1. The van der Waals surface area contributed by atoms with Gasteiger partial charge in [-0.1, -0.05) is 60.7 Å². The van der Waals surface area contributed by atoms with Crippen molar-refractivity contribution in [3.05, 3.63) is 101 Å². The highest BCUT2D eigenvalue weighted by atomic mass is 16.5. The van der Waals surface area contributed by atoms with Crippen molar-refractivity contribution in [1.82, 2.24) is 0 Å². The van der Waals surface area contributed by atoms with Crippen molar-refractivity contribution in [1.29, 1.82) is 5.26 Å². The molecule has 0 unspecified atom stereocenters. The average Bonchev–Trinajstić information content (AvgIpc) is 2.75. The molecule has 3 rings (SSSR count). The fraction of sp³-hybridized carbons (Fsp3) is 0.120. The van der Waals surface area contributed by atoms with E-state index in [1.807, 2.05) is 92.7 Å². The van der Waals surface area contributed by atoms with Gasteiger partial charge in [0, 0.05) is 11.3 Å². The van der Waals surface area contributed by atoms with Crippen LogP contribution in [0.25, 0.3) is 6.08 Å². The standard InChI is InChI=1S/C25H22N2O2/c1-18-9-8-13-23(19(18)2)27-25(28)22(16-26)15-21-12-6-7-14-24(21)29-17-20-10-4-3-5-11-20/h3-15H,17H2,1-2H3,(H,27,28)/b22-15+. The van der Waals surface area contributed by atoms with E-state index in [-0.39, 0.29) is 5.57 Å². The Bertz CT molecular complexity index is 1080. The van der Waals surface area contributed by atoms with Gasteiger partial charge in [0.1, 0.15) is 24.0 Å². The summed E-state index contributed by atoms with van der Waals surface area (Å²) in [6, 6.07) is 24.9. The summed E-state index contributed by atoms with van der Waals surface area (Å²) in [5, 5.41) is 12.4. The molecule has 0 heterocycles. The molecule has 0 fully saturated rings. The summed E-state index contributed by atoms with van der Waals surface area (Å²) in [6.07, 6.45) is 1.56. The van der Waals surface area contributed by atoms with E-state index in [1.54, 1.807) is 6.08 Å². The molecule has 0 saturated heterocycles. The lowest BCUT2D eigenvalue weighted by molar-refractivity contribution is -0.112. The molecule has 0 bridgehead atoms. The summed E-state index contributed by atoms with van der Waals surface area (Å²) < 4.78 is 5.92. The monoisotopic (exact) mass is 382 g/mol. The Morgan fingerprint density at radius 1 is 1.00 bits per heavy atom. The van der Waals surface area contributed by atoms with Gasteiger partial charge in [-0.2, -0.15) is 5.26 Å². The first-order valence-corrected chi connectivity index (χ1v) is 9.33. The van der Waals surface area contributed by atoms with Gasteiger partial charge in [-0.15, -0.1) is 0 Å². The molecule has 29 heavy (non-hydrogen) atoms. The van der Waals surface area contributed by atoms with Crippen molar-refractivity contribution in [2.45, 2.75) is 20.5 Å². The number of carbonyl (C=O) groups is 1. The predicted molar refractivity (Wildman–Crippen MR) is 115 cm³/mol. The van der Waals surface area contributed by atoms with Crippen LogP contribution in [0, 0.1) is 25.2 Å². The molecule has 1 amide bonds. The van der Waals surface area contributed by atoms with E-state index in [0.29, 0.717) is 23.6 Å². The Kier molecular flexibility index (Phi) is 6.44. The van der Waals surface area contributed by atoms with Crippen LogP contribution in [0.3, 0.4) is 0 Å². The zero-order valence-electron chi connectivity index (χ0n) is 16.5. The molecular weight excluding hydrogens is 360 g/mol. The second-order valence-corrected chi connectivity index (χ2v) is 6.68. The number of anilines is 1. The van der Waals surface area contributed by atoms with E-state index in [4.69, 9.17) is 4.74 Å². The Morgan fingerprint density at radius 3 is 2.48 bits per heavy atom. The van der Waals surface area contributed by atoms with Gasteiger partial charge in [0.15, 0.2) is 0 Å². The zero-order valence-corrected chi connectivity index (χ0v) is 16.5. The van der Waals surface area contributed by atoms with Crippen LogP contribution in [0.5, 0.6) is 5.75 Å². The van der Waals surface area contributed by atoms with Crippen LogP contribution < -0.4 is 10.1 Å². The van der Waals surface area contributed by atoms with Crippen molar-refractivity contribution in [2.24, 2.45) is 0 Å². The number of amides is 1. The maximum absolute atomic E-state index is 12.7. The average molecular weight is 382 g/mol. The normalized spacial score (nSPS) is 10.9. The lowest BCUT2D eigenvalue weighted by atomic mass is 10.1. The number of hydrogen-bond acceptors (Lipinski definition) is 3. The number of benzene rings is 3. The molecule has 4 heteroatoms. The molecule has 0 radical (unpaired) electrons. The number of carbonyl (C=O) groups excluding carboxylic acids is 1. The van der Waals surface area contributed by atoms with Crippen LogP contribution in [-0.4, -0.2) is 5.91 Å². The van der Waals surface area contributed by atoms with E-state index in [2.05, 4.69) is 5.32 Å².